The average molecular weight is 2070 g/mol. The standard InChI is InChI=1S/C101H124Cl2N13O28P/c1-6-7-8-9-10-11-12-13-14-22-74(121)107-83-86(124)88(126)91(99(135)136-5)143-100(83)142-90-71-45-56-46-72(90)139-67-32-27-55(43-63(67)102)84(122)82-98(134)111-80(93(129)105-33-21-34-113(3)4)61-47-57(118)48-69(140-101-89(127)87(125)85(123)73(51-117)141-101)75(61)60-42-53(25-30-65(60)119)78(95(131)112-82)108-96(132)79(56)109-97(133)81-62-49-59(50-70(76(62)103)144-145(114-35-15-16-36-114,115-37-17-18-38-115)116-39-19-20-40-116)138-68-44-54(26-31-66(68)120)77(104-2)94(130)106-64(92(128)110-81)41-52-23-28-58(137-71)29-24-52/h23-32,42-50,64,73,77-89,91,100-101,104,117,122-127H,6-22,33-41,51H2,1-5H3,(H10-,105,106,107,108,109,110,111,112,118,119,120,121,128,129,130,131,132,133,134)/p+1/t64-,73-,77-,78-,79-,80-,81+,82+,83-,84-,85-,86-,87+,88+,89+,91+,100-,101+/m1/s1. The minimum atomic E-state index is -3.21. The third kappa shape index (κ3) is 23.5. The SMILES string of the molecule is CCCCCCCCCCCC(=O)N[C@H]1[C@H](Oc2c3cc4cc2Oc2ccc(cc2Cl)[C@@H](O)[C@@H]2NC(=O)[C@H](NC(=O)[C@@H]4NC(=O)[C@H]4NC(=O)[C@@H](Cc5ccc(cc5)O3)NC(=O)[C@H](NC)c3ccc(O)c(c3)Oc3cc(O[P+](N5CCCC5)(N5CCCC5)N5CCCC5)c(Cl)c4c3)c3ccc(O)c(c3)-c3c(O[C@H]4O[C@H](CO)[C@@H](O)[C@H](O)[C@@H]4O)cc(O)cc3[C@H](C(=O)NCCCN(C)C)NC2=O)O[C@H](C(=O)OC)[C@@H](O)[C@@H]1O. The molecule has 7 aromatic carbocycles. The molecule has 5 saturated heterocycles. The molecule has 44 heteroatoms. The Morgan fingerprint density at radius 1 is 0.538 bits per heavy atom. The molecule has 0 aromatic heterocycles. The van der Waals surface area contributed by atoms with Gasteiger partial charge in [-0.15, -0.1) is 14.0 Å². The fourth-order valence-corrected chi connectivity index (χ4v) is 24.6. The Morgan fingerprint density at radius 3 is 1.79 bits per heavy atom. The Morgan fingerprint density at radius 2 is 1.14 bits per heavy atom. The minimum Gasteiger partial charge on any atom is -0.508 e. The van der Waals surface area contributed by atoms with Crippen LogP contribution in [-0.4, -0.2) is 284 Å². The highest BCUT2D eigenvalue weighted by Gasteiger charge is 2.63. The molecule has 7 aromatic rings. The van der Waals surface area contributed by atoms with Gasteiger partial charge in [-0.3, -0.25) is 42.9 Å². The predicted molar refractivity (Wildman–Crippen MR) is 525 cm³/mol. The van der Waals surface area contributed by atoms with Crippen molar-refractivity contribution in [2.75, 3.05) is 87.2 Å². The Balaban J connectivity index is 0.932. The number of phenolic OH excluding ortho intramolecular Hbond substituents is 3. The smallest absolute Gasteiger partial charge is 0.417 e. The van der Waals surface area contributed by atoms with Crippen LogP contribution in [0.5, 0.6) is 69.0 Å². The van der Waals surface area contributed by atoms with E-state index >= 15 is 33.6 Å². The van der Waals surface area contributed by atoms with E-state index in [0.29, 0.717) is 70.6 Å². The zero-order chi connectivity index (χ0) is 103. The quantitative estimate of drug-likeness (QED) is 0.0133. The number of likely N-dealkylation sites (N-methyl/N-ethyl adjacent to an activating group) is 1. The summed E-state index contributed by atoms with van der Waals surface area (Å²) in [5.41, 5.74) is -2.15. The highest BCUT2D eigenvalue weighted by molar-refractivity contribution is 7.64. The lowest BCUT2D eigenvalue weighted by Crippen LogP contribution is -2.66. The number of ether oxygens (including phenoxy) is 8. The molecule has 0 radical (unpaired) electrons. The molecule has 11 heterocycles. The van der Waals surface area contributed by atoms with Crippen LogP contribution >= 0.6 is 31.1 Å². The van der Waals surface area contributed by atoms with E-state index in [9.17, 15) is 60.7 Å². The van der Waals surface area contributed by atoms with E-state index in [-0.39, 0.29) is 75.4 Å². The van der Waals surface area contributed by atoms with Gasteiger partial charge in [0.05, 0.1) is 23.8 Å². The molecule has 19 N–H and O–H groups in total. The van der Waals surface area contributed by atoms with E-state index in [0.717, 1.165) is 139 Å². The van der Waals surface area contributed by atoms with Crippen LogP contribution < -0.4 is 76.1 Å². The average Bonchev–Trinajstić information content (AvgIpc) is 1.60. The summed E-state index contributed by atoms with van der Waals surface area (Å²) in [6, 6.07) is 7.82. The molecular formula is C101H125Cl2N13O28P+. The van der Waals surface area contributed by atoms with Gasteiger partial charge in [0.2, 0.25) is 71.3 Å². The maximum Gasteiger partial charge on any atom is 0.417 e. The predicted octanol–water partition coefficient (Wildman–Crippen LogP) is 7.04. The molecule has 780 valence electrons. The highest BCUT2D eigenvalue weighted by atomic mass is 35.5. The maximum atomic E-state index is 17.4. The van der Waals surface area contributed by atoms with Crippen molar-refractivity contribution in [2.24, 2.45) is 0 Å². The fraction of sp³-hybridized carbons (Fsp3) is 0.495. The first-order chi connectivity index (χ1) is 69.7. The number of carbonyl (C=O) groups excluding carboxylic acids is 9. The molecule has 18 atom stereocenters. The molecule has 41 nitrogen and oxygen atoms in total. The number of carbonyl (C=O) groups is 9. The second-order valence-electron chi connectivity index (χ2n) is 38.0. The first kappa shape index (κ1) is 106. The molecule has 145 heavy (non-hydrogen) atoms. The summed E-state index contributed by atoms with van der Waals surface area (Å²) in [4.78, 5) is 145. The van der Waals surface area contributed by atoms with Gasteiger partial charge in [-0.25, -0.2) is 4.79 Å². The number of aliphatic hydroxyl groups excluding tert-OH is 7. The Kier molecular flexibility index (Phi) is 34.5. The van der Waals surface area contributed by atoms with Crippen molar-refractivity contribution in [2.45, 2.75) is 232 Å². The van der Waals surface area contributed by atoms with E-state index in [2.05, 4.69) is 68.8 Å². The summed E-state index contributed by atoms with van der Waals surface area (Å²) >= 11 is 15.5. The molecule has 11 aliphatic heterocycles. The molecule has 18 rings (SSSR count). The van der Waals surface area contributed by atoms with E-state index in [4.69, 9.17) is 65.6 Å². The molecule has 5 fully saturated rings. The van der Waals surface area contributed by atoms with Gasteiger partial charge in [-0.05, 0) is 185 Å². The molecule has 11 aliphatic rings. The van der Waals surface area contributed by atoms with Crippen molar-refractivity contribution in [3.05, 3.63) is 164 Å². The first-order valence-electron chi connectivity index (χ1n) is 49.2. The van der Waals surface area contributed by atoms with E-state index in [1.165, 1.54) is 73.8 Å². The summed E-state index contributed by atoms with van der Waals surface area (Å²) in [5, 5.41) is 143. The van der Waals surface area contributed by atoms with Crippen LogP contribution in [0.3, 0.4) is 0 Å². The van der Waals surface area contributed by atoms with Gasteiger partial charge in [0.15, 0.2) is 29.1 Å². The molecule has 0 saturated carbocycles. The second-order valence-corrected chi connectivity index (χ2v) is 41.7. The number of nitrogens with one attached hydrogen (secondary N) is 9. The first-order valence-corrected chi connectivity index (χ1v) is 51.5. The summed E-state index contributed by atoms with van der Waals surface area (Å²) < 4.78 is 66.2. The number of rotatable bonds is 28. The van der Waals surface area contributed by atoms with E-state index < -0.39 is 245 Å². The summed E-state index contributed by atoms with van der Waals surface area (Å²) in [6.45, 7) is 5.21. The number of benzene rings is 7. The molecular weight excluding hydrogens is 1950 g/mol. The van der Waals surface area contributed by atoms with Crippen molar-refractivity contribution < 1.29 is 137 Å². The van der Waals surface area contributed by atoms with Crippen LogP contribution in [0.25, 0.3) is 11.1 Å². The second kappa shape index (κ2) is 47.1. The Hall–Kier alpha value is -11.6. The number of aromatic hydroxyl groups is 3. The molecule has 0 unspecified atom stereocenters. The number of nitrogens with zero attached hydrogens (tertiary/aromatic N) is 4. The van der Waals surface area contributed by atoms with Crippen molar-refractivity contribution in [3.8, 4) is 80.1 Å². The lowest BCUT2D eigenvalue weighted by molar-refractivity contribution is -0.277. The van der Waals surface area contributed by atoms with Gasteiger partial charge in [-0.2, -0.15) is 0 Å². The third-order valence-electron chi connectivity index (χ3n) is 27.6. The number of halogens is 2. The zero-order valence-corrected chi connectivity index (χ0v) is 83.2. The van der Waals surface area contributed by atoms with Gasteiger partial charge in [0.1, 0.15) is 126 Å². The third-order valence-corrected chi connectivity index (χ3v) is 32.1. The van der Waals surface area contributed by atoms with Gasteiger partial charge in [0.25, 0.3) is 0 Å². The number of hydrogen-bond acceptors (Lipinski definition) is 33. The lowest BCUT2D eigenvalue weighted by atomic mass is 9.89. The van der Waals surface area contributed by atoms with Crippen molar-refractivity contribution >= 4 is 84.4 Å². The van der Waals surface area contributed by atoms with Crippen LogP contribution in [0.1, 0.15) is 191 Å². The minimum absolute atomic E-state index is 0.0701. The topological polar surface area (TPSA) is 560 Å². The normalized spacial score (nSPS) is 26.3. The fourth-order valence-electron chi connectivity index (χ4n) is 19.8. The monoisotopic (exact) mass is 2070 g/mol. The maximum absolute atomic E-state index is 17.4. The number of phenols is 3. The Bertz CT molecular complexity index is 5860. The zero-order valence-electron chi connectivity index (χ0n) is 80.8. The summed E-state index contributed by atoms with van der Waals surface area (Å²) in [5.74, 6) is -15.5. The number of fused-ring (bicyclic) bond motifs is 14. The Labute approximate surface area is 847 Å². The van der Waals surface area contributed by atoms with Crippen LogP contribution in [0, 0.1) is 0 Å². The lowest BCUT2D eigenvalue weighted by Gasteiger charge is -2.41. The number of hydrogen-bond donors (Lipinski definition) is 19. The summed E-state index contributed by atoms with van der Waals surface area (Å²) in [7, 11) is 2.83. The largest absolute Gasteiger partial charge is 0.508 e. The molecule has 17 bridgehead atoms. The molecule has 0 spiro atoms. The number of aliphatic hydroxyl groups is 7. The van der Waals surface area contributed by atoms with Gasteiger partial charge >= 0.3 is 13.9 Å². The van der Waals surface area contributed by atoms with Crippen LogP contribution in [0.2, 0.25) is 10.0 Å². The number of esters is 1. The number of unbranched alkanes of at least 4 members (excludes halogenated alkanes) is 8. The van der Waals surface area contributed by atoms with Crippen molar-refractivity contribution in [1.82, 2.24) is 66.8 Å². The number of amides is 8. The highest BCUT2D eigenvalue weighted by Crippen LogP contribution is 2.71. The van der Waals surface area contributed by atoms with E-state index in [1.54, 1.807) is 14.1 Å². The van der Waals surface area contributed by atoms with Crippen molar-refractivity contribution in [3.63, 3.8) is 0 Å². The summed E-state index contributed by atoms with van der Waals surface area (Å²) in [6.07, 6.45) is -7.84. The van der Waals surface area contributed by atoms with Crippen LogP contribution in [-0.2, 0) is 63.8 Å². The van der Waals surface area contributed by atoms with E-state index in [1.807, 2.05) is 4.90 Å². The molecule has 8 amide bonds. The molecule has 0 aliphatic carbocycles. The van der Waals surface area contributed by atoms with Crippen LogP contribution in [0.15, 0.2) is 115 Å². The number of methoxy groups -OCH3 is 1. The van der Waals surface area contributed by atoms with Gasteiger partial charge < -0.3 is 142 Å². The van der Waals surface area contributed by atoms with Gasteiger partial charge in [-0.1, -0.05) is 112 Å². The van der Waals surface area contributed by atoms with Gasteiger partial charge in [0, 0.05) is 87.5 Å². The van der Waals surface area contributed by atoms with Crippen molar-refractivity contribution in [1.29, 1.82) is 0 Å². The van der Waals surface area contributed by atoms with Crippen LogP contribution in [0.4, 0.5) is 0 Å².